The van der Waals surface area contributed by atoms with E-state index in [1.165, 1.54) is 16.8 Å². The maximum Gasteiger partial charge on any atom is 0.0340 e. The Morgan fingerprint density at radius 2 is 1.60 bits per heavy atom. The molecule has 1 heteroatoms. The van der Waals surface area contributed by atoms with Crippen molar-refractivity contribution < 1.29 is 0 Å². The van der Waals surface area contributed by atoms with Crippen LogP contribution < -0.4 is 5.32 Å². The first-order valence-corrected chi connectivity index (χ1v) is 7.44. The van der Waals surface area contributed by atoms with Gasteiger partial charge in [0.1, 0.15) is 0 Å². The molecule has 1 aliphatic carbocycles. The van der Waals surface area contributed by atoms with Crippen LogP contribution in [-0.2, 0) is 0 Å². The summed E-state index contributed by atoms with van der Waals surface area (Å²) in [5, 5.41) is 3.57. The Morgan fingerprint density at radius 1 is 0.950 bits per heavy atom. The molecule has 1 fully saturated rings. The number of para-hydroxylation sites is 1. The highest BCUT2D eigenvalue weighted by molar-refractivity contribution is 5.44. The van der Waals surface area contributed by atoms with Crippen LogP contribution in [-0.4, -0.2) is 6.54 Å². The van der Waals surface area contributed by atoms with Gasteiger partial charge in [-0.3, -0.25) is 0 Å². The quantitative estimate of drug-likeness (QED) is 0.833. The first-order chi connectivity index (χ1) is 9.59. The largest absolute Gasteiger partial charge is 0.385 e. The van der Waals surface area contributed by atoms with Crippen molar-refractivity contribution in [2.75, 3.05) is 11.9 Å². The monoisotopic (exact) mass is 265 g/mol. The van der Waals surface area contributed by atoms with Crippen molar-refractivity contribution >= 4 is 5.69 Å². The van der Waals surface area contributed by atoms with Gasteiger partial charge < -0.3 is 5.32 Å². The van der Waals surface area contributed by atoms with Crippen molar-refractivity contribution in [1.82, 2.24) is 0 Å². The van der Waals surface area contributed by atoms with Crippen molar-refractivity contribution in [1.29, 1.82) is 0 Å². The SMILES string of the molecule is Cc1ccc(C2C(CNc3ccccc3)C2(C)C)cc1. The minimum absolute atomic E-state index is 0.400. The van der Waals surface area contributed by atoms with Gasteiger partial charge in [0.25, 0.3) is 0 Å². The van der Waals surface area contributed by atoms with Crippen molar-refractivity contribution in [2.45, 2.75) is 26.7 Å². The van der Waals surface area contributed by atoms with E-state index in [-0.39, 0.29) is 0 Å². The molecule has 0 aromatic heterocycles. The van der Waals surface area contributed by atoms with Crippen LogP contribution in [0.4, 0.5) is 5.69 Å². The highest BCUT2D eigenvalue weighted by Gasteiger charge is 2.57. The van der Waals surface area contributed by atoms with E-state index in [9.17, 15) is 0 Å². The molecule has 1 nitrogen and oxygen atoms in total. The third-order valence-corrected chi connectivity index (χ3v) is 4.79. The van der Waals surface area contributed by atoms with Crippen LogP contribution in [0.5, 0.6) is 0 Å². The molecule has 104 valence electrons. The van der Waals surface area contributed by atoms with Crippen LogP contribution in [0.3, 0.4) is 0 Å². The fourth-order valence-electron chi connectivity index (χ4n) is 3.34. The number of rotatable bonds is 4. The number of anilines is 1. The summed E-state index contributed by atoms with van der Waals surface area (Å²) in [7, 11) is 0. The van der Waals surface area contributed by atoms with Crippen LogP contribution in [0, 0.1) is 18.3 Å². The molecule has 2 atom stereocenters. The fourth-order valence-corrected chi connectivity index (χ4v) is 3.34. The van der Waals surface area contributed by atoms with Crippen molar-refractivity contribution in [3.63, 3.8) is 0 Å². The summed E-state index contributed by atoms with van der Waals surface area (Å²) in [6, 6.07) is 19.5. The van der Waals surface area contributed by atoms with E-state index in [2.05, 4.69) is 80.7 Å². The molecule has 0 spiro atoms. The Hall–Kier alpha value is -1.76. The molecule has 0 bridgehead atoms. The van der Waals surface area contributed by atoms with Gasteiger partial charge in [0.05, 0.1) is 0 Å². The van der Waals surface area contributed by atoms with Gasteiger partial charge in [-0.05, 0) is 41.9 Å². The zero-order chi connectivity index (χ0) is 14.2. The molecule has 1 N–H and O–H groups in total. The highest BCUT2D eigenvalue weighted by Crippen LogP contribution is 2.64. The smallest absolute Gasteiger partial charge is 0.0340 e. The third kappa shape index (κ3) is 2.45. The van der Waals surface area contributed by atoms with Gasteiger partial charge >= 0.3 is 0 Å². The van der Waals surface area contributed by atoms with Crippen LogP contribution in [0.1, 0.15) is 30.9 Å². The predicted octanol–water partition coefficient (Wildman–Crippen LogP) is 4.85. The van der Waals surface area contributed by atoms with Gasteiger partial charge in [-0.1, -0.05) is 61.9 Å². The zero-order valence-electron chi connectivity index (χ0n) is 12.6. The molecule has 20 heavy (non-hydrogen) atoms. The topological polar surface area (TPSA) is 12.0 Å². The Bertz CT molecular complexity index is 568. The molecule has 3 rings (SSSR count). The van der Waals surface area contributed by atoms with Gasteiger partial charge in [0.2, 0.25) is 0 Å². The normalized spacial score (nSPS) is 23.4. The average Bonchev–Trinajstić information content (AvgIpc) is 3.00. The van der Waals surface area contributed by atoms with E-state index in [0.29, 0.717) is 17.3 Å². The predicted molar refractivity (Wildman–Crippen MR) is 86.1 cm³/mol. The van der Waals surface area contributed by atoms with Gasteiger partial charge in [-0.2, -0.15) is 0 Å². The molecule has 0 aliphatic heterocycles. The molecule has 0 heterocycles. The lowest BCUT2D eigenvalue weighted by Crippen LogP contribution is -2.06. The molecule has 0 radical (unpaired) electrons. The van der Waals surface area contributed by atoms with Gasteiger partial charge in [-0.25, -0.2) is 0 Å². The summed E-state index contributed by atoms with van der Waals surface area (Å²) in [6.07, 6.45) is 0. The van der Waals surface area contributed by atoms with Gasteiger partial charge in [0.15, 0.2) is 0 Å². The molecule has 0 amide bonds. The fraction of sp³-hybridized carbons (Fsp3) is 0.368. The van der Waals surface area contributed by atoms with Crippen LogP contribution >= 0.6 is 0 Å². The summed E-state index contributed by atoms with van der Waals surface area (Å²) in [6.45, 7) is 7.97. The average molecular weight is 265 g/mol. The molecule has 0 saturated heterocycles. The standard InChI is InChI=1S/C19H23N/c1-14-9-11-15(12-10-14)18-17(19(18,2)3)13-20-16-7-5-4-6-8-16/h4-12,17-18,20H,13H2,1-3H3. The minimum Gasteiger partial charge on any atom is -0.385 e. The molecule has 2 unspecified atom stereocenters. The summed E-state index contributed by atoms with van der Waals surface area (Å²) < 4.78 is 0. The minimum atomic E-state index is 0.400. The Labute approximate surface area is 122 Å². The summed E-state index contributed by atoms with van der Waals surface area (Å²) in [5.74, 6) is 1.39. The Morgan fingerprint density at radius 3 is 2.25 bits per heavy atom. The second-order valence-electron chi connectivity index (χ2n) is 6.56. The van der Waals surface area contributed by atoms with Gasteiger partial charge in [0, 0.05) is 12.2 Å². The van der Waals surface area contributed by atoms with Crippen molar-refractivity contribution in [3.8, 4) is 0 Å². The van der Waals surface area contributed by atoms with E-state index < -0.39 is 0 Å². The lowest BCUT2D eigenvalue weighted by molar-refractivity contribution is 0.565. The maximum atomic E-state index is 3.57. The summed E-state index contributed by atoms with van der Waals surface area (Å²) >= 11 is 0. The van der Waals surface area contributed by atoms with E-state index in [1.54, 1.807) is 0 Å². The lowest BCUT2D eigenvalue weighted by atomic mass is 10.0. The number of hydrogen-bond donors (Lipinski definition) is 1. The van der Waals surface area contributed by atoms with E-state index in [1.807, 2.05) is 0 Å². The zero-order valence-corrected chi connectivity index (χ0v) is 12.6. The first kappa shape index (κ1) is 13.2. The molecular formula is C19H23N. The second kappa shape index (κ2) is 4.97. The number of hydrogen-bond acceptors (Lipinski definition) is 1. The molecule has 1 aliphatic rings. The summed E-state index contributed by atoms with van der Waals surface area (Å²) in [4.78, 5) is 0. The Balaban J connectivity index is 1.67. The highest BCUT2D eigenvalue weighted by atomic mass is 14.9. The maximum absolute atomic E-state index is 3.57. The second-order valence-corrected chi connectivity index (χ2v) is 6.56. The molecule has 1 saturated carbocycles. The van der Waals surface area contributed by atoms with Crippen LogP contribution in [0.25, 0.3) is 0 Å². The van der Waals surface area contributed by atoms with Crippen molar-refractivity contribution in [2.24, 2.45) is 11.3 Å². The number of nitrogens with one attached hydrogen (secondary N) is 1. The third-order valence-electron chi connectivity index (χ3n) is 4.79. The van der Waals surface area contributed by atoms with E-state index >= 15 is 0 Å². The Kier molecular flexibility index (Phi) is 3.29. The molecule has 2 aromatic rings. The summed E-state index contributed by atoms with van der Waals surface area (Å²) in [5.41, 5.74) is 4.45. The van der Waals surface area contributed by atoms with E-state index in [4.69, 9.17) is 0 Å². The van der Waals surface area contributed by atoms with Crippen LogP contribution in [0.2, 0.25) is 0 Å². The van der Waals surface area contributed by atoms with Crippen molar-refractivity contribution in [3.05, 3.63) is 65.7 Å². The lowest BCUT2D eigenvalue weighted by Gasteiger charge is -2.06. The molecular weight excluding hydrogens is 242 g/mol. The van der Waals surface area contributed by atoms with Crippen LogP contribution in [0.15, 0.2) is 54.6 Å². The van der Waals surface area contributed by atoms with Gasteiger partial charge in [-0.15, -0.1) is 0 Å². The number of aryl methyl sites for hydroxylation is 1. The first-order valence-electron chi connectivity index (χ1n) is 7.44. The number of benzene rings is 2. The van der Waals surface area contributed by atoms with E-state index in [0.717, 1.165) is 6.54 Å². The molecule has 2 aromatic carbocycles.